The van der Waals surface area contributed by atoms with Crippen molar-refractivity contribution in [3.8, 4) is 11.5 Å². The van der Waals surface area contributed by atoms with E-state index in [2.05, 4.69) is 15.6 Å². The molecule has 8 heteroatoms. The van der Waals surface area contributed by atoms with Crippen molar-refractivity contribution in [1.29, 1.82) is 0 Å². The number of aliphatic imine (C=N–C) groups is 1. The predicted molar refractivity (Wildman–Crippen MR) is 124 cm³/mol. The van der Waals surface area contributed by atoms with E-state index in [0.717, 1.165) is 17.7 Å². The van der Waals surface area contributed by atoms with Crippen LogP contribution in [0.4, 0.5) is 4.39 Å². The Hall–Kier alpha value is -2.07. The summed E-state index contributed by atoms with van der Waals surface area (Å²) in [6, 6.07) is 13.6. The highest BCUT2D eigenvalue weighted by Gasteiger charge is 2.07. The van der Waals surface area contributed by atoms with Gasteiger partial charge in [-0.1, -0.05) is 18.2 Å². The molecule has 0 heterocycles. The van der Waals surface area contributed by atoms with Crippen LogP contribution in [0.3, 0.4) is 0 Å². The van der Waals surface area contributed by atoms with Crippen molar-refractivity contribution in [3.05, 3.63) is 59.9 Å². The Morgan fingerprint density at radius 2 is 1.86 bits per heavy atom. The quantitative estimate of drug-likeness (QED) is 0.257. The maximum Gasteiger partial charge on any atom is 0.191 e. The minimum absolute atomic E-state index is 0. The SMILES string of the molecule is CCNC(=NCC(O)COc1ccc(F)cc1)NCCc1ccccc1OC.I. The number of ether oxygens (including phenoxy) is 2. The Labute approximate surface area is 188 Å². The van der Waals surface area contributed by atoms with Crippen LogP contribution in [0.1, 0.15) is 12.5 Å². The summed E-state index contributed by atoms with van der Waals surface area (Å²) >= 11 is 0. The number of rotatable bonds is 10. The molecule has 2 aromatic carbocycles. The zero-order valence-electron chi connectivity index (χ0n) is 16.7. The van der Waals surface area contributed by atoms with Gasteiger partial charge < -0.3 is 25.2 Å². The summed E-state index contributed by atoms with van der Waals surface area (Å²) in [5, 5.41) is 16.5. The molecule has 160 valence electrons. The summed E-state index contributed by atoms with van der Waals surface area (Å²) in [6.45, 7) is 3.63. The van der Waals surface area contributed by atoms with Crippen LogP contribution in [-0.4, -0.2) is 50.5 Å². The van der Waals surface area contributed by atoms with Gasteiger partial charge in [-0.3, -0.25) is 4.99 Å². The topological polar surface area (TPSA) is 75.1 Å². The molecule has 6 nitrogen and oxygen atoms in total. The number of hydrogen-bond donors (Lipinski definition) is 3. The highest BCUT2D eigenvalue weighted by molar-refractivity contribution is 14.0. The third-order valence-electron chi connectivity index (χ3n) is 3.94. The zero-order valence-corrected chi connectivity index (χ0v) is 19.1. The molecule has 1 unspecified atom stereocenters. The molecule has 29 heavy (non-hydrogen) atoms. The number of hydrogen-bond acceptors (Lipinski definition) is 4. The van der Waals surface area contributed by atoms with E-state index < -0.39 is 6.10 Å². The van der Waals surface area contributed by atoms with Gasteiger partial charge in [0, 0.05) is 13.1 Å². The summed E-state index contributed by atoms with van der Waals surface area (Å²) in [6.07, 6.45) is 0.0136. The van der Waals surface area contributed by atoms with Crippen LogP contribution in [0.2, 0.25) is 0 Å². The summed E-state index contributed by atoms with van der Waals surface area (Å²) in [4.78, 5) is 4.39. The van der Waals surface area contributed by atoms with Crippen LogP contribution in [0, 0.1) is 5.82 Å². The van der Waals surface area contributed by atoms with Crippen molar-refractivity contribution in [2.75, 3.05) is 33.4 Å². The molecule has 2 rings (SSSR count). The molecule has 0 aliphatic heterocycles. The van der Waals surface area contributed by atoms with E-state index in [9.17, 15) is 9.50 Å². The van der Waals surface area contributed by atoms with Gasteiger partial charge in [0.25, 0.3) is 0 Å². The van der Waals surface area contributed by atoms with Gasteiger partial charge in [-0.05, 0) is 49.2 Å². The van der Waals surface area contributed by atoms with E-state index in [4.69, 9.17) is 9.47 Å². The molecule has 0 fully saturated rings. The van der Waals surface area contributed by atoms with Crippen LogP contribution in [0.25, 0.3) is 0 Å². The molecule has 0 aromatic heterocycles. The smallest absolute Gasteiger partial charge is 0.191 e. The largest absolute Gasteiger partial charge is 0.496 e. The van der Waals surface area contributed by atoms with Crippen molar-refractivity contribution in [2.24, 2.45) is 4.99 Å². The normalized spacial score (nSPS) is 11.9. The molecule has 0 bridgehead atoms. The molecule has 0 aliphatic rings. The first-order chi connectivity index (χ1) is 13.6. The van der Waals surface area contributed by atoms with Crippen molar-refractivity contribution >= 4 is 29.9 Å². The second kappa shape index (κ2) is 14.0. The lowest BCUT2D eigenvalue weighted by Gasteiger charge is -2.14. The minimum Gasteiger partial charge on any atom is -0.496 e. The van der Waals surface area contributed by atoms with Gasteiger partial charge in [0.15, 0.2) is 5.96 Å². The molecule has 2 aromatic rings. The fraction of sp³-hybridized carbons (Fsp3) is 0.381. The minimum atomic E-state index is -0.769. The first kappa shape index (κ1) is 25.0. The predicted octanol–water partition coefficient (Wildman–Crippen LogP) is 2.99. The van der Waals surface area contributed by atoms with Crippen LogP contribution in [0.15, 0.2) is 53.5 Å². The number of para-hydroxylation sites is 1. The van der Waals surface area contributed by atoms with Crippen molar-refractivity contribution in [2.45, 2.75) is 19.4 Å². The number of aliphatic hydroxyl groups is 1. The second-order valence-corrected chi connectivity index (χ2v) is 6.13. The number of benzene rings is 2. The number of nitrogens with one attached hydrogen (secondary N) is 2. The molecule has 0 amide bonds. The maximum atomic E-state index is 12.9. The molecule has 0 saturated carbocycles. The first-order valence-corrected chi connectivity index (χ1v) is 9.33. The van der Waals surface area contributed by atoms with E-state index in [1.807, 2.05) is 31.2 Å². The van der Waals surface area contributed by atoms with Gasteiger partial charge in [0.1, 0.15) is 30.0 Å². The van der Waals surface area contributed by atoms with E-state index in [-0.39, 0.29) is 42.9 Å². The van der Waals surface area contributed by atoms with E-state index in [0.29, 0.717) is 24.8 Å². The van der Waals surface area contributed by atoms with Crippen molar-refractivity contribution in [1.82, 2.24) is 10.6 Å². The lowest BCUT2D eigenvalue weighted by atomic mass is 10.1. The van der Waals surface area contributed by atoms with E-state index in [1.165, 1.54) is 24.3 Å². The summed E-state index contributed by atoms with van der Waals surface area (Å²) in [5.74, 6) is 1.66. The Morgan fingerprint density at radius 1 is 1.14 bits per heavy atom. The molecule has 0 spiro atoms. The molecular weight excluding hydrogens is 488 g/mol. The summed E-state index contributed by atoms with van der Waals surface area (Å²) in [5.41, 5.74) is 1.11. The van der Waals surface area contributed by atoms with Gasteiger partial charge in [0.2, 0.25) is 0 Å². The fourth-order valence-corrected chi connectivity index (χ4v) is 2.54. The van der Waals surface area contributed by atoms with Crippen molar-refractivity contribution in [3.63, 3.8) is 0 Å². The standard InChI is InChI=1S/C21H28FN3O3.HI/c1-3-23-21(24-13-12-16-6-4-5-7-20(16)27-2)25-14-18(26)15-28-19-10-8-17(22)9-11-19;/h4-11,18,26H,3,12-15H2,1-2H3,(H2,23,24,25);1H. The Balaban J connectivity index is 0.00000420. The summed E-state index contributed by atoms with van der Waals surface area (Å²) < 4.78 is 23.7. The number of halogens is 2. The van der Waals surface area contributed by atoms with E-state index in [1.54, 1.807) is 7.11 Å². The Morgan fingerprint density at radius 3 is 2.55 bits per heavy atom. The average Bonchev–Trinajstić information content (AvgIpc) is 2.72. The molecule has 1 atom stereocenters. The average molecular weight is 517 g/mol. The van der Waals surface area contributed by atoms with Gasteiger partial charge in [-0.15, -0.1) is 24.0 Å². The molecule has 3 N–H and O–H groups in total. The molecular formula is C21H29FIN3O3. The van der Waals surface area contributed by atoms with Crippen LogP contribution in [0.5, 0.6) is 11.5 Å². The van der Waals surface area contributed by atoms with Crippen molar-refractivity contribution < 1.29 is 19.0 Å². The Kier molecular flexibility index (Phi) is 12.1. The number of aliphatic hydroxyl groups excluding tert-OH is 1. The number of methoxy groups -OCH3 is 1. The monoisotopic (exact) mass is 517 g/mol. The van der Waals surface area contributed by atoms with Gasteiger partial charge >= 0.3 is 0 Å². The summed E-state index contributed by atoms with van der Waals surface area (Å²) in [7, 11) is 1.66. The fourth-order valence-electron chi connectivity index (χ4n) is 2.54. The maximum absolute atomic E-state index is 12.9. The lowest BCUT2D eigenvalue weighted by molar-refractivity contribution is 0.114. The third kappa shape index (κ3) is 9.31. The molecule has 0 aliphatic carbocycles. The highest BCUT2D eigenvalue weighted by atomic mass is 127. The van der Waals surface area contributed by atoms with E-state index >= 15 is 0 Å². The van der Waals surface area contributed by atoms with Gasteiger partial charge in [0.05, 0.1) is 13.7 Å². The number of nitrogens with zero attached hydrogens (tertiary/aromatic N) is 1. The highest BCUT2D eigenvalue weighted by Crippen LogP contribution is 2.17. The molecule has 0 saturated heterocycles. The second-order valence-electron chi connectivity index (χ2n) is 6.13. The van der Waals surface area contributed by atoms with Crippen LogP contribution >= 0.6 is 24.0 Å². The Bertz CT molecular complexity index is 744. The van der Waals surface area contributed by atoms with Gasteiger partial charge in [-0.25, -0.2) is 4.39 Å². The first-order valence-electron chi connectivity index (χ1n) is 9.33. The zero-order chi connectivity index (χ0) is 20.2. The molecule has 0 radical (unpaired) electrons. The van der Waals surface area contributed by atoms with Gasteiger partial charge in [-0.2, -0.15) is 0 Å². The van der Waals surface area contributed by atoms with Crippen LogP contribution in [-0.2, 0) is 6.42 Å². The number of guanidine groups is 1. The lowest BCUT2D eigenvalue weighted by Crippen LogP contribution is -2.39. The van der Waals surface area contributed by atoms with Crippen LogP contribution < -0.4 is 20.1 Å². The third-order valence-corrected chi connectivity index (χ3v) is 3.94.